The van der Waals surface area contributed by atoms with Crippen molar-refractivity contribution in [3.05, 3.63) is 0 Å². The molecule has 3 saturated heterocycles. The molecule has 15 nitrogen and oxygen atoms in total. The molecule has 0 amide bonds. The first kappa shape index (κ1) is 29.9. The fourth-order valence-corrected chi connectivity index (χ4v) is 4.62. The summed E-state index contributed by atoms with van der Waals surface area (Å²) in [5.41, 5.74) is 0. The van der Waals surface area contributed by atoms with Crippen molar-refractivity contribution in [3.8, 4) is 0 Å². The third-order valence-electron chi connectivity index (χ3n) is 6.81. The van der Waals surface area contributed by atoms with E-state index >= 15 is 0 Å². The van der Waals surface area contributed by atoms with Gasteiger partial charge in [0.05, 0.1) is 25.9 Å². The number of aliphatic hydroxyl groups excluding tert-OH is 10. The molecule has 15 heteroatoms. The average molecular weight is 531 g/mol. The van der Waals surface area contributed by atoms with E-state index in [0.29, 0.717) is 0 Å². The lowest BCUT2D eigenvalue weighted by Crippen LogP contribution is -2.67. The van der Waals surface area contributed by atoms with Gasteiger partial charge in [0, 0.05) is 0 Å². The van der Waals surface area contributed by atoms with Gasteiger partial charge in [0.25, 0.3) is 0 Å². The Morgan fingerprint density at radius 2 is 0.917 bits per heavy atom. The molecule has 0 radical (unpaired) electrons. The predicted molar refractivity (Wildman–Crippen MR) is 114 cm³/mol. The first-order valence-corrected chi connectivity index (χ1v) is 11.8. The van der Waals surface area contributed by atoms with E-state index in [-0.39, 0.29) is 5.92 Å². The van der Waals surface area contributed by atoms with E-state index in [1.807, 2.05) is 0 Å². The van der Waals surface area contributed by atoms with Crippen LogP contribution in [0.25, 0.3) is 0 Å². The Morgan fingerprint density at radius 1 is 0.528 bits per heavy atom. The van der Waals surface area contributed by atoms with Crippen LogP contribution in [0.15, 0.2) is 0 Å². The van der Waals surface area contributed by atoms with Crippen LogP contribution >= 0.6 is 0 Å². The van der Waals surface area contributed by atoms with Crippen LogP contribution in [0.3, 0.4) is 0 Å². The van der Waals surface area contributed by atoms with Crippen LogP contribution in [0.1, 0.15) is 13.8 Å². The number of rotatable bonds is 8. The fourth-order valence-electron chi connectivity index (χ4n) is 4.62. The highest BCUT2D eigenvalue weighted by atomic mass is 16.7. The lowest BCUT2D eigenvalue weighted by molar-refractivity contribution is -0.373. The second kappa shape index (κ2) is 12.5. The van der Waals surface area contributed by atoms with E-state index in [2.05, 4.69) is 0 Å². The quantitative estimate of drug-likeness (QED) is 0.140. The van der Waals surface area contributed by atoms with Gasteiger partial charge in [-0.25, -0.2) is 0 Å². The molecule has 212 valence electrons. The second-order valence-corrected chi connectivity index (χ2v) is 9.65. The van der Waals surface area contributed by atoms with Crippen molar-refractivity contribution in [3.63, 3.8) is 0 Å². The maximum atomic E-state index is 10.9. The normalized spacial score (nSPS) is 50.4. The molecule has 15 atom stereocenters. The molecule has 0 aromatic rings. The molecule has 36 heavy (non-hydrogen) atoms. The van der Waals surface area contributed by atoms with Crippen molar-refractivity contribution in [1.82, 2.24) is 0 Å². The van der Waals surface area contributed by atoms with Crippen molar-refractivity contribution >= 4 is 0 Å². The standard InChI is InChI=1S/C21H38O15/c1-6(2)17-19(36-21-16(31)14(29)11(26)8(4-23)34-21)18(12(27)9(5-24)32-17)35-20-15(30)13(28)10(25)7(3-22)33-20/h6-31H,3-5H2,1-2H3/t7-,8-,9-,10-,11-,12-,13+,14+,15-,16-,17+,18+,19+,20+,21+/m1/s1. The molecule has 10 N–H and O–H groups in total. The monoisotopic (exact) mass is 530 g/mol. The van der Waals surface area contributed by atoms with Crippen molar-refractivity contribution in [1.29, 1.82) is 0 Å². The summed E-state index contributed by atoms with van der Waals surface area (Å²) in [6.07, 6.45) is -22.8. The van der Waals surface area contributed by atoms with Crippen LogP contribution in [0.4, 0.5) is 0 Å². The highest BCUT2D eigenvalue weighted by Gasteiger charge is 2.54. The van der Waals surface area contributed by atoms with Crippen LogP contribution in [-0.2, 0) is 23.7 Å². The predicted octanol–water partition coefficient (Wildman–Crippen LogP) is -5.87. The van der Waals surface area contributed by atoms with Gasteiger partial charge in [-0.3, -0.25) is 0 Å². The maximum Gasteiger partial charge on any atom is 0.187 e. The lowest BCUT2D eigenvalue weighted by atomic mass is 9.88. The fraction of sp³-hybridized carbons (Fsp3) is 1.00. The summed E-state index contributed by atoms with van der Waals surface area (Å²) in [5.74, 6) is -0.345. The third kappa shape index (κ3) is 5.85. The maximum absolute atomic E-state index is 10.9. The number of hydrogen-bond acceptors (Lipinski definition) is 15. The van der Waals surface area contributed by atoms with Gasteiger partial charge in [-0.2, -0.15) is 0 Å². The Hall–Kier alpha value is -0.600. The molecule has 0 aromatic heterocycles. The summed E-state index contributed by atoms with van der Waals surface area (Å²) in [6, 6.07) is 0. The van der Waals surface area contributed by atoms with Gasteiger partial charge in [-0.15, -0.1) is 0 Å². The molecule has 0 unspecified atom stereocenters. The number of aliphatic hydroxyl groups is 10. The summed E-state index contributed by atoms with van der Waals surface area (Å²) in [5, 5.41) is 101. The topological polar surface area (TPSA) is 248 Å². The summed E-state index contributed by atoms with van der Waals surface area (Å²) in [6.45, 7) is 1.39. The SMILES string of the molecule is CC(C)[C@@H]1O[C@H](CO)[C@@H](O)[C@H](O[C@@H]2O[C@H](CO)[C@@H](O)[C@H](O)[C@H]2O)[C@H]1O[C@@H]1O[C@H](CO)[C@@H](O)[C@H](O)[C@H]1O. The first-order valence-electron chi connectivity index (χ1n) is 11.8. The minimum absolute atomic E-state index is 0.345. The minimum atomic E-state index is -1.81. The van der Waals surface area contributed by atoms with Crippen molar-refractivity contribution in [2.24, 2.45) is 5.92 Å². The molecule has 3 rings (SSSR count). The van der Waals surface area contributed by atoms with Gasteiger partial charge in [0.15, 0.2) is 12.6 Å². The molecule has 0 aromatic carbocycles. The molecular weight excluding hydrogens is 492 g/mol. The Labute approximate surface area is 207 Å². The van der Waals surface area contributed by atoms with Gasteiger partial charge < -0.3 is 74.7 Å². The molecule has 0 spiro atoms. The van der Waals surface area contributed by atoms with Gasteiger partial charge in [0.2, 0.25) is 0 Å². The molecule has 0 aliphatic carbocycles. The molecule has 0 bridgehead atoms. The van der Waals surface area contributed by atoms with E-state index in [1.54, 1.807) is 13.8 Å². The summed E-state index contributed by atoms with van der Waals surface area (Å²) >= 11 is 0. The van der Waals surface area contributed by atoms with E-state index < -0.39 is 112 Å². The summed E-state index contributed by atoms with van der Waals surface area (Å²) in [7, 11) is 0. The third-order valence-corrected chi connectivity index (χ3v) is 6.81. The van der Waals surface area contributed by atoms with Crippen molar-refractivity contribution in [2.45, 2.75) is 106 Å². The molecular formula is C21H38O15. The van der Waals surface area contributed by atoms with Crippen LogP contribution in [0.2, 0.25) is 0 Å². The van der Waals surface area contributed by atoms with Gasteiger partial charge >= 0.3 is 0 Å². The van der Waals surface area contributed by atoms with Gasteiger partial charge in [-0.1, -0.05) is 13.8 Å². The molecule has 3 aliphatic rings. The van der Waals surface area contributed by atoms with Crippen LogP contribution in [0.5, 0.6) is 0 Å². The van der Waals surface area contributed by atoms with E-state index in [4.69, 9.17) is 23.7 Å². The Balaban J connectivity index is 1.90. The second-order valence-electron chi connectivity index (χ2n) is 9.65. The molecule has 0 saturated carbocycles. The van der Waals surface area contributed by atoms with Crippen molar-refractivity contribution < 1.29 is 74.7 Å². The summed E-state index contributed by atoms with van der Waals surface area (Å²) in [4.78, 5) is 0. The zero-order valence-electron chi connectivity index (χ0n) is 19.9. The highest BCUT2D eigenvalue weighted by molar-refractivity contribution is 4.99. The van der Waals surface area contributed by atoms with E-state index in [9.17, 15) is 51.1 Å². The highest BCUT2D eigenvalue weighted by Crippen LogP contribution is 2.35. The minimum Gasteiger partial charge on any atom is -0.394 e. The smallest absolute Gasteiger partial charge is 0.187 e. The lowest BCUT2D eigenvalue weighted by Gasteiger charge is -2.50. The Bertz CT molecular complexity index is 680. The van der Waals surface area contributed by atoms with Crippen molar-refractivity contribution in [2.75, 3.05) is 19.8 Å². The summed E-state index contributed by atoms with van der Waals surface area (Å²) < 4.78 is 28.3. The van der Waals surface area contributed by atoms with Crippen LogP contribution in [-0.4, -0.2) is 163 Å². The molecule has 3 aliphatic heterocycles. The Kier molecular flexibility index (Phi) is 10.4. The van der Waals surface area contributed by atoms with Gasteiger partial charge in [-0.05, 0) is 5.92 Å². The van der Waals surface area contributed by atoms with Crippen LogP contribution in [0, 0.1) is 5.92 Å². The van der Waals surface area contributed by atoms with Crippen LogP contribution < -0.4 is 0 Å². The molecule has 3 fully saturated rings. The van der Waals surface area contributed by atoms with E-state index in [1.165, 1.54) is 0 Å². The number of ether oxygens (including phenoxy) is 5. The number of hydrogen-bond donors (Lipinski definition) is 10. The zero-order valence-corrected chi connectivity index (χ0v) is 19.9. The first-order chi connectivity index (χ1) is 17.0. The van der Waals surface area contributed by atoms with Gasteiger partial charge in [0.1, 0.15) is 73.2 Å². The molecule has 3 heterocycles. The average Bonchev–Trinajstić information content (AvgIpc) is 2.86. The zero-order chi connectivity index (χ0) is 26.9. The van der Waals surface area contributed by atoms with E-state index in [0.717, 1.165) is 0 Å². The largest absolute Gasteiger partial charge is 0.394 e. The Morgan fingerprint density at radius 3 is 1.31 bits per heavy atom.